The molecule has 0 amide bonds. The molecule has 2 rings (SSSR count). The van der Waals surface area contributed by atoms with Gasteiger partial charge in [0.15, 0.2) is 7.28 Å². The second kappa shape index (κ2) is 3.50. The maximum Gasteiger partial charge on any atom is 0.336 e. The second-order valence-electron chi connectivity index (χ2n) is 2.90. The van der Waals surface area contributed by atoms with Crippen molar-refractivity contribution in [3.8, 4) is 0 Å². The first-order valence-electron chi connectivity index (χ1n) is 4.18. The molecule has 0 aliphatic carbocycles. The van der Waals surface area contributed by atoms with E-state index in [1.807, 2.05) is 25.4 Å². The zero-order valence-corrected chi connectivity index (χ0v) is 7.34. The van der Waals surface area contributed by atoms with Gasteiger partial charge in [-0.3, -0.25) is 4.98 Å². The molecule has 14 heavy (non-hydrogen) atoms. The molecule has 1 aromatic rings. The quantitative estimate of drug-likeness (QED) is 0.705. The van der Waals surface area contributed by atoms with Gasteiger partial charge in [-0.1, -0.05) is 17.6 Å². The predicted octanol–water partition coefficient (Wildman–Crippen LogP) is 1.35. The molecule has 0 saturated carbocycles. The third kappa shape index (κ3) is 1.46. The highest BCUT2D eigenvalue weighted by atomic mass is 16.4. The molecule has 0 spiro atoms. The van der Waals surface area contributed by atoms with E-state index in [0.29, 0.717) is 5.56 Å². The molecule has 4 heteroatoms. The molecular formula is C10H7BNO2. The highest BCUT2D eigenvalue weighted by Gasteiger charge is 2.13. The van der Waals surface area contributed by atoms with E-state index in [9.17, 15) is 4.79 Å². The van der Waals surface area contributed by atoms with Crippen molar-refractivity contribution >= 4 is 18.7 Å². The molecule has 0 unspecified atom stereocenters. The summed E-state index contributed by atoms with van der Waals surface area (Å²) in [6.45, 7) is 0. The van der Waals surface area contributed by atoms with Crippen LogP contribution < -0.4 is 0 Å². The lowest BCUT2D eigenvalue weighted by Gasteiger charge is -2.04. The maximum atomic E-state index is 10.9. The zero-order chi connectivity index (χ0) is 9.97. The largest absolute Gasteiger partial charge is 0.478 e. The van der Waals surface area contributed by atoms with Crippen LogP contribution in [0.1, 0.15) is 15.9 Å². The van der Waals surface area contributed by atoms with Crippen molar-refractivity contribution in [1.82, 2.24) is 4.98 Å². The van der Waals surface area contributed by atoms with E-state index in [0.717, 1.165) is 5.47 Å². The summed E-state index contributed by atoms with van der Waals surface area (Å²) in [5, 5.41) is 8.94. The molecule has 1 aliphatic rings. The molecule has 1 N–H and O–H groups in total. The summed E-state index contributed by atoms with van der Waals surface area (Å²) in [6, 6.07) is 1.50. The Morgan fingerprint density at radius 2 is 2.36 bits per heavy atom. The molecule has 1 aliphatic heterocycles. The van der Waals surface area contributed by atoms with E-state index in [2.05, 4.69) is 4.98 Å². The average molecular weight is 184 g/mol. The Morgan fingerprint density at radius 3 is 3.00 bits per heavy atom. The topological polar surface area (TPSA) is 50.2 Å². The Balaban J connectivity index is 2.47. The van der Waals surface area contributed by atoms with E-state index >= 15 is 0 Å². The number of carboxylic acid groups (broad SMARTS) is 1. The molecule has 3 nitrogen and oxygen atoms in total. The van der Waals surface area contributed by atoms with Gasteiger partial charge in [0.2, 0.25) is 0 Å². The summed E-state index contributed by atoms with van der Waals surface area (Å²) < 4.78 is 0. The van der Waals surface area contributed by atoms with Crippen LogP contribution in [0.25, 0.3) is 5.47 Å². The van der Waals surface area contributed by atoms with Crippen LogP contribution in [0.4, 0.5) is 0 Å². The molecular weight excluding hydrogens is 177 g/mol. The number of pyridine rings is 1. The standard InChI is InChI=1S/C10H7BNO2/c13-10(14)7-3-5-12-6-8(7)9-2-1-4-11-9/h1-6H,(H,13,14). The third-order valence-electron chi connectivity index (χ3n) is 2.03. The van der Waals surface area contributed by atoms with Crippen LogP contribution in [0.5, 0.6) is 0 Å². The Labute approximate surface area is 82.0 Å². The minimum Gasteiger partial charge on any atom is -0.478 e. The number of nitrogens with zero attached hydrogens (tertiary/aromatic N) is 1. The minimum absolute atomic E-state index is 0.284. The van der Waals surface area contributed by atoms with Gasteiger partial charge >= 0.3 is 5.97 Å². The minimum atomic E-state index is -0.927. The van der Waals surface area contributed by atoms with Crippen molar-refractivity contribution < 1.29 is 9.90 Å². The van der Waals surface area contributed by atoms with Crippen LogP contribution in [0, 0.1) is 0 Å². The highest BCUT2D eigenvalue weighted by Crippen LogP contribution is 2.20. The van der Waals surface area contributed by atoms with Crippen molar-refractivity contribution in [2.24, 2.45) is 0 Å². The lowest BCUT2D eigenvalue weighted by molar-refractivity contribution is 0.0696. The summed E-state index contributed by atoms with van der Waals surface area (Å²) in [5.41, 5.74) is 1.83. The monoisotopic (exact) mass is 184 g/mol. The number of aromatic carboxylic acids is 1. The van der Waals surface area contributed by atoms with E-state index in [1.165, 1.54) is 12.3 Å². The summed E-state index contributed by atoms with van der Waals surface area (Å²) >= 11 is 0. The normalized spacial score (nSPS) is 13.6. The van der Waals surface area contributed by atoms with Gasteiger partial charge in [-0.25, -0.2) is 4.79 Å². The number of carbonyl (C=O) groups is 1. The van der Waals surface area contributed by atoms with Crippen LogP contribution in [-0.2, 0) is 0 Å². The molecule has 0 saturated heterocycles. The van der Waals surface area contributed by atoms with Crippen molar-refractivity contribution in [3.05, 3.63) is 47.7 Å². The molecule has 2 heterocycles. The Morgan fingerprint density at radius 1 is 1.50 bits per heavy atom. The van der Waals surface area contributed by atoms with Gasteiger partial charge in [-0.05, 0) is 6.07 Å². The third-order valence-corrected chi connectivity index (χ3v) is 2.03. The average Bonchev–Trinajstić information content (AvgIpc) is 2.70. The first kappa shape index (κ1) is 8.75. The Bertz CT molecular complexity index is 438. The predicted molar refractivity (Wildman–Crippen MR) is 54.1 cm³/mol. The Kier molecular flexibility index (Phi) is 2.19. The van der Waals surface area contributed by atoms with Crippen LogP contribution in [0.15, 0.2) is 36.6 Å². The molecule has 0 aromatic carbocycles. The zero-order valence-electron chi connectivity index (χ0n) is 7.34. The lowest BCUT2D eigenvalue weighted by Crippen LogP contribution is -2.03. The number of hydrogen-bond donors (Lipinski definition) is 1. The number of rotatable bonds is 2. The van der Waals surface area contributed by atoms with Crippen LogP contribution in [-0.4, -0.2) is 23.3 Å². The highest BCUT2D eigenvalue weighted by molar-refractivity contribution is 6.67. The van der Waals surface area contributed by atoms with Crippen molar-refractivity contribution in [2.45, 2.75) is 0 Å². The van der Waals surface area contributed by atoms with Gasteiger partial charge in [0.05, 0.1) is 5.56 Å². The van der Waals surface area contributed by atoms with Gasteiger partial charge in [0.1, 0.15) is 0 Å². The van der Waals surface area contributed by atoms with Crippen molar-refractivity contribution in [2.75, 3.05) is 0 Å². The number of allylic oxidation sites excluding steroid dienone is 2. The molecule has 1 aromatic heterocycles. The SMILES string of the molecule is O=C(O)c1ccncc1C1=CC=C[B]1. The van der Waals surface area contributed by atoms with Gasteiger partial charge < -0.3 is 5.11 Å². The van der Waals surface area contributed by atoms with Gasteiger partial charge in [0, 0.05) is 18.0 Å². The first-order valence-corrected chi connectivity index (χ1v) is 4.18. The van der Waals surface area contributed by atoms with Crippen molar-refractivity contribution in [3.63, 3.8) is 0 Å². The van der Waals surface area contributed by atoms with Gasteiger partial charge in [-0.15, -0.1) is 5.98 Å². The number of carboxylic acids is 1. The fourth-order valence-corrected chi connectivity index (χ4v) is 1.36. The summed E-state index contributed by atoms with van der Waals surface area (Å²) in [4.78, 5) is 14.8. The molecule has 0 bridgehead atoms. The van der Waals surface area contributed by atoms with E-state index in [1.54, 1.807) is 6.20 Å². The second-order valence-corrected chi connectivity index (χ2v) is 2.90. The van der Waals surface area contributed by atoms with Crippen LogP contribution >= 0.6 is 0 Å². The lowest BCUT2D eigenvalue weighted by atomic mass is 9.69. The summed E-state index contributed by atoms with van der Waals surface area (Å²) in [6.07, 6.45) is 6.78. The molecule has 67 valence electrons. The van der Waals surface area contributed by atoms with Gasteiger partial charge in [-0.2, -0.15) is 0 Å². The maximum absolute atomic E-state index is 10.9. The van der Waals surface area contributed by atoms with E-state index in [4.69, 9.17) is 5.11 Å². The van der Waals surface area contributed by atoms with Crippen LogP contribution in [0.3, 0.4) is 0 Å². The van der Waals surface area contributed by atoms with Crippen molar-refractivity contribution in [1.29, 1.82) is 0 Å². The Hall–Kier alpha value is -1.84. The fraction of sp³-hybridized carbons (Fsp3) is 0. The number of hydrogen-bond acceptors (Lipinski definition) is 2. The molecule has 1 radical (unpaired) electrons. The number of aromatic nitrogens is 1. The van der Waals surface area contributed by atoms with Gasteiger partial charge in [0.25, 0.3) is 0 Å². The van der Waals surface area contributed by atoms with Crippen LogP contribution in [0.2, 0.25) is 0 Å². The van der Waals surface area contributed by atoms with E-state index in [-0.39, 0.29) is 5.56 Å². The van der Waals surface area contributed by atoms with E-state index < -0.39 is 5.97 Å². The summed E-state index contributed by atoms with van der Waals surface area (Å²) in [5.74, 6) is 0.942. The fourth-order valence-electron chi connectivity index (χ4n) is 1.36. The molecule has 0 fully saturated rings. The smallest absolute Gasteiger partial charge is 0.336 e. The summed E-state index contributed by atoms with van der Waals surface area (Å²) in [7, 11) is 1.86. The first-order chi connectivity index (χ1) is 6.79. The molecule has 0 atom stereocenters.